The molecule has 5 nitrogen and oxygen atoms in total. The van der Waals surface area contributed by atoms with Gasteiger partial charge in [0.05, 0.1) is 18.8 Å². The Morgan fingerprint density at radius 2 is 1.08 bits per heavy atom. The highest BCUT2D eigenvalue weighted by molar-refractivity contribution is 5.80. The second-order valence-corrected chi connectivity index (χ2v) is 10.6. The van der Waals surface area contributed by atoms with E-state index in [4.69, 9.17) is 0 Å². The summed E-state index contributed by atoms with van der Waals surface area (Å²) < 4.78 is 0. The molecule has 0 saturated heterocycles. The molecule has 3 unspecified atom stereocenters. The smallest absolute Gasteiger partial charge is 0.249 e. The summed E-state index contributed by atoms with van der Waals surface area (Å²) in [5.41, 5.74) is 0. The number of aliphatic hydroxyl groups excluding tert-OH is 3. The molecule has 0 aromatic rings. The topological polar surface area (TPSA) is 89.8 Å². The zero-order valence-corrected chi connectivity index (χ0v) is 24.8. The molecule has 0 aliphatic carbocycles. The minimum atomic E-state index is -1.10. The molecule has 0 aromatic carbocycles. The van der Waals surface area contributed by atoms with Crippen molar-refractivity contribution in [3.05, 3.63) is 36.5 Å². The largest absolute Gasteiger partial charge is 0.394 e. The Morgan fingerprint density at radius 3 is 1.61 bits per heavy atom. The van der Waals surface area contributed by atoms with Gasteiger partial charge in [-0.3, -0.25) is 4.79 Å². The van der Waals surface area contributed by atoms with E-state index < -0.39 is 24.2 Å². The molecule has 0 heterocycles. The molecule has 0 aliphatic heterocycles. The Balaban J connectivity index is 3.91. The van der Waals surface area contributed by atoms with Crippen LogP contribution in [0.4, 0.5) is 0 Å². The van der Waals surface area contributed by atoms with Gasteiger partial charge in [-0.05, 0) is 44.9 Å². The molecule has 0 aliphatic rings. The maximum Gasteiger partial charge on any atom is 0.249 e. The average Bonchev–Trinajstić information content (AvgIpc) is 2.92. The van der Waals surface area contributed by atoms with Crippen LogP contribution in [0.15, 0.2) is 36.5 Å². The fraction of sp³-hybridized carbons (Fsp3) is 0.788. The van der Waals surface area contributed by atoms with Gasteiger partial charge in [-0.1, -0.05) is 134 Å². The van der Waals surface area contributed by atoms with Crippen LogP contribution in [0.2, 0.25) is 0 Å². The van der Waals surface area contributed by atoms with E-state index in [0.717, 1.165) is 44.9 Å². The Morgan fingerprint density at radius 1 is 0.632 bits per heavy atom. The van der Waals surface area contributed by atoms with E-state index in [1.807, 2.05) is 6.08 Å². The third-order valence-corrected chi connectivity index (χ3v) is 6.96. The highest BCUT2D eigenvalue weighted by atomic mass is 16.3. The van der Waals surface area contributed by atoms with E-state index >= 15 is 0 Å². The van der Waals surface area contributed by atoms with Gasteiger partial charge in [0, 0.05) is 0 Å². The number of hydrogen-bond acceptors (Lipinski definition) is 4. The minimum absolute atomic E-state index is 0.381. The highest BCUT2D eigenvalue weighted by Gasteiger charge is 2.22. The molecule has 0 spiro atoms. The van der Waals surface area contributed by atoms with Gasteiger partial charge in [0.25, 0.3) is 0 Å². The van der Waals surface area contributed by atoms with Crippen molar-refractivity contribution in [1.82, 2.24) is 5.32 Å². The second-order valence-electron chi connectivity index (χ2n) is 10.6. The SMILES string of the molecule is CCCCC/C=C/CC/C=C/CC/C=C/C(O)C(CO)NC(=O)C(O)CCCCCCCCCCCCC. The van der Waals surface area contributed by atoms with E-state index in [2.05, 4.69) is 43.5 Å². The van der Waals surface area contributed by atoms with E-state index in [1.165, 1.54) is 77.0 Å². The van der Waals surface area contributed by atoms with Gasteiger partial charge in [-0.15, -0.1) is 0 Å². The van der Waals surface area contributed by atoms with E-state index in [-0.39, 0.29) is 6.61 Å². The fourth-order valence-corrected chi connectivity index (χ4v) is 4.39. The molecule has 222 valence electrons. The van der Waals surface area contributed by atoms with Crippen molar-refractivity contribution in [2.45, 2.75) is 161 Å². The summed E-state index contributed by atoms with van der Waals surface area (Å²) in [5.74, 6) is -0.522. The lowest BCUT2D eigenvalue weighted by molar-refractivity contribution is -0.131. The standard InChI is InChI=1S/C33H61NO4/c1-3-5-7-9-11-13-15-16-18-19-21-23-25-27-31(36)30(29-35)34-33(38)32(37)28-26-24-22-20-17-14-12-10-8-6-4-2/h11,13,18-19,25,27,30-32,35-37H,3-10,12,14-17,20-24,26,28-29H2,1-2H3,(H,34,38)/b13-11+,19-18+,27-25+. The molecular weight excluding hydrogens is 474 g/mol. The lowest BCUT2D eigenvalue weighted by Crippen LogP contribution is -2.48. The zero-order chi connectivity index (χ0) is 28.1. The van der Waals surface area contributed by atoms with Gasteiger partial charge in [-0.25, -0.2) is 0 Å². The molecule has 4 N–H and O–H groups in total. The molecule has 0 fully saturated rings. The second kappa shape index (κ2) is 28.6. The molecule has 38 heavy (non-hydrogen) atoms. The number of rotatable bonds is 27. The summed E-state index contributed by atoms with van der Waals surface area (Å²) in [5, 5.41) is 32.7. The van der Waals surface area contributed by atoms with Crippen LogP contribution in [0.5, 0.6) is 0 Å². The van der Waals surface area contributed by atoms with Crippen molar-refractivity contribution in [2.75, 3.05) is 6.61 Å². The average molecular weight is 536 g/mol. The molecule has 0 saturated carbocycles. The molecule has 1 amide bonds. The predicted octanol–water partition coefficient (Wildman–Crippen LogP) is 7.70. The molecule has 0 rings (SSSR count). The summed E-state index contributed by atoms with van der Waals surface area (Å²) in [4.78, 5) is 12.3. The Hall–Kier alpha value is -1.43. The van der Waals surface area contributed by atoms with Crippen molar-refractivity contribution in [1.29, 1.82) is 0 Å². The lowest BCUT2D eigenvalue weighted by atomic mass is 10.0. The molecule has 0 aromatic heterocycles. The van der Waals surface area contributed by atoms with E-state index in [9.17, 15) is 20.1 Å². The van der Waals surface area contributed by atoms with E-state index in [1.54, 1.807) is 6.08 Å². The number of nitrogens with one attached hydrogen (secondary N) is 1. The monoisotopic (exact) mass is 535 g/mol. The van der Waals surface area contributed by atoms with Crippen LogP contribution in [-0.4, -0.2) is 46.1 Å². The first kappa shape index (κ1) is 36.6. The number of unbranched alkanes of at least 4 members (excludes halogenated alkanes) is 15. The van der Waals surface area contributed by atoms with E-state index in [0.29, 0.717) is 6.42 Å². The van der Waals surface area contributed by atoms with Crippen LogP contribution < -0.4 is 5.32 Å². The number of carbonyl (C=O) groups excluding carboxylic acids is 1. The van der Waals surface area contributed by atoms with Gasteiger partial charge in [0.15, 0.2) is 0 Å². The predicted molar refractivity (Wildman–Crippen MR) is 162 cm³/mol. The van der Waals surface area contributed by atoms with Crippen LogP contribution in [0, 0.1) is 0 Å². The molecule has 0 bridgehead atoms. The number of aliphatic hydroxyl groups is 3. The number of amides is 1. The summed E-state index contributed by atoms with van der Waals surface area (Å²) in [6.07, 6.45) is 32.9. The third-order valence-electron chi connectivity index (χ3n) is 6.96. The van der Waals surface area contributed by atoms with Crippen molar-refractivity contribution in [3.63, 3.8) is 0 Å². The van der Waals surface area contributed by atoms with Crippen molar-refractivity contribution >= 4 is 5.91 Å². The number of hydrogen-bond donors (Lipinski definition) is 4. The first-order valence-electron chi connectivity index (χ1n) is 15.8. The Kier molecular flexibility index (Phi) is 27.5. The normalized spacial score (nSPS) is 14.6. The summed E-state index contributed by atoms with van der Waals surface area (Å²) >= 11 is 0. The van der Waals surface area contributed by atoms with Crippen LogP contribution in [-0.2, 0) is 4.79 Å². The van der Waals surface area contributed by atoms with Crippen LogP contribution in [0.1, 0.15) is 142 Å². The number of carbonyl (C=O) groups is 1. The Labute approximate surface area is 234 Å². The first-order chi connectivity index (χ1) is 18.6. The van der Waals surface area contributed by atoms with Crippen LogP contribution in [0.25, 0.3) is 0 Å². The van der Waals surface area contributed by atoms with Crippen LogP contribution >= 0.6 is 0 Å². The molecule has 5 heteroatoms. The maximum absolute atomic E-state index is 12.3. The van der Waals surface area contributed by atoms with Gasteiger partial charge < -0.3 is 20.6 Å². The number of allylic oxidation sites excluding steroid dienone is 5. The first-order valence-corrected chi connectivity index (χ1v) is 15.8. The van der Waals surface area contributed by atoms with Crippen molar-refractivity contribution in [2.24, 2.45) is 0 Å². The lowest BCUT2D eigenvalue weighted by Gasteiger charge is -2.21. The highest BCUT2D eigenvalue weighted by Crippen LogP contribution is 2.13. The minimum Gasteiger partial charge on any atom is -0.394 e. The molecular formula is C33H61NO4. The quantitative estimate of drug-likeness (QED) is 0.0641. The summed E-state index contributed by atoms with van der Waals surface area (Å²) in [7, 11) is 0. The maximum atomic E-state index is 12.3. The zero-order valence-electron chi connectivity index (χ0n) is 24.8. The summed E-state index contributed by atoms with van der Waals surface area (Å²) in [6.45, 7) is 4.08. The van der Waals surface area contributed by atoms with Crippen molar-refractivity contribution < 1.29 is 20.1 Å². The van der Waals surface area contributed by atoms with Crippen molar-refractivity contribution in [3.8, 4) is 0 Å². The fourth-order valence-electron chi connectivity index (χ4n) is 4.39. The summed E-state index contributed by atoms with van der Waals surface area (Å²) in [6, 6.07) is -0.814. The van der Waals surface area contributed by atoms with Gasteiger partial charge in [0.2, 0.25) is 5.91 Å². The molecule has 3 atom stereocenters. The van der Waals surface area contributed by atoms with Gasteiger partial charge in [-0.2, -0.15) is 0 Å². The third kappa shape index (κ3) is 23.7. The van der Waals surface area contributed by atoms with Gasteiger partial charge >= 0.3 is 0 Å². The molecule has 0 radical (unpaired) electrons. The van der Waals surface area contributed by atoms with Gasteiger partial charge in [0.1, 0.15) is 6.10 Å². The Bertz CT molecular complexity index is 602. The van der Waals surface area contributed by atoms with Crippen LogP contribution in [0.3, 0.4) is 0 Å².